The summed E-state index contributed by atoms with van der Waals surface area (Å²) in [4.78, 5) is 14.2. The van der Waals surface area contributed by atoms with Crippen LogP contribution < -0.4 is 5.32 Å². The number of likely N-dealkylation sites (tertiary alicyclic amines) is 1. The lowest BCUT2D eigenvalue weighted by Gasteiger charge is -2.38. The molecule has 0 aromatic heterocycles. The number of aliphatic hydroxyl groups excluding tert-OH is 1. The Bertz CT molecular complexity index is 524. The molecule has 1 heterocycles. The van der Waals surface area contributed by atoms with Crippen molar-refractivity contribution in [3.8, 4) is 0 Å². The Hall–Kier alpha value is -0.810. The van der Waals surface area contributed by atoms with Gasteiger partial charge in [0, 0.05) is 18.6 Å². The number of nitrogens with one attached hydrogen (secondary N) is 1. The molecule has 1 atom stereocenters. The minimum absolute atomic E-state index is 0.119. The third-order valence-corrected chi connectivity index (χ3v) is 4.65. The molecule has 1 aliphatic rings. The first-order valence-electron chi connectivity index (χ1n) is 7.01. The van der Waals surface area contributed by atoms with Crippen LogP contribution in [0.3, 0.4) is 0 Å². The molecule has 1 amide bonds. The molecular formula is C15H20Cl2N2O2. The smallest absolute Gasteiger partial charge is 0.238 e. The number of amides is 1. The van der Waals surface area contributed by atoms with Gasteiger partial charge in [-0.15, -0.1) is 0 Å². The number of hydrogen-bond acceptors (Lipinski definition) is 3. The number of carbonyl (C=O) groups is 1. The van der Waals surface area contributed by atoms with E-state index in [1.807, 2.05) is 6.92 Å². The quantitative estimate of drug-likeness (QED) is 0.892. The molecule has 4 nitrogen and oxygen atoms in total. The average Bonchev–Trinajstić information content (AvgIpc) is 2.44. The number of nitrogens with zero attached hydrogens (tertiary/aromatic N) is 1. The van der Waals surface area contributed by atoms with Crippen LogP contribution >= 0.6 is 23.2 Å². The van der Waals surface area contributed by atoms with Crippen LogP contribution in [0, 0.1) is 5.41 Å². The number of carbonyl (C=O) groups excluding carboxylic acids is 1. The Kier molecular flexibility index (Phi) is 5.49. The lowest BCUT2D eigenvalue weighted by atomic mass is 9.83. The summed E-state index contributed by atoms with van der Waals surface area (Å²) in [6.45, 7) is 4.07. The number of aliphatic hydroxyl groups is 1. The number of rotatable bonds is 4. The van der Waals surface area contributed by atoms with Crippen molar-refractivity contribution in [1.29, 1.82) is 0 Å². The standard InChI is InChI=1S/C15H20Cl2N2O2/c1-15(10-20)6-3-7-19(9-15)8-13(21)18-12-5-2-4-11(16)14(12)17/h2,4-5,20H,3,6-10H2,1H3,(H,18,21). The van der Waals surface area contributed by atoms with Crippen LogP contribution in [-0.2, 0) is 4.79 Å². The van der Waals surface area contributed by atoms with Crippen LogP contribution in [0.1, 0.15) is 19.8 Å². The summed E-state index contributed by atoms with van der Waals surface area (Å²) in [6.07, 6.45) is 1.98. The van der Waals surface area contributed by atoms with Crippen molar-refractivity contribution in [2.24, 2.45) is 5.41 Å². The highest BCUT2D eigenvalue weighted by molar-refractivity contribution is 6.43. The summed E-state index contributed by atoms with van der Waals surface area (Å²) in [5, 5.41) is 13.0. The molecule has 6 heteroatoms. The molecule has 0 saturated carbocycles. The van der Waals surface area contributed by atoms with Crippen LogP contribution in [0.4, 0.5) is 5.69 Å². The van der Waals surface area contributed by atoms with E-state index in [0.29, 0.717) is 22.3 Å². The van der Waals surface area contributed by atoms with Crippen LogP contribution in [0.2, 0.25) is 10.0 Å². The minimum atomic E-state index is -0.124. The van der Waals surface area contributed by atoms with E-state index in [9.17, 15) is 9.90 Å². The minimum Gasteiger partial charge on any atom is -0.396 e. The van der Waals surface area contributed by atoms with Crippen molar-refractivity contribution in [2.75, 3.05) is 31.6 Å². The molecule has 1 unspecified atom stereocenters. The Morgan fingerprint density at radius 3 is 2.95 bits per heavy atom. The maximum atomic E-state index is 12.1. The fraction of sp³-hybridized carbons (Fsp3) is 0.533. The van der Waals surface area contributed by atoms with Gasteiger partial charge in [-0.2, -0.15) is 0 Å². The number of piperidine rings is 1. The first kappa shape index (κ1) is 16.6. The molecule has 1 aromatic rings. The number of anilines is 1. The van der Waals surface area contributed by atoms with Gasteiger partial charge in [-0.25, -0.2) is 0 Å². The van der Waals surface area contributed by atoms with E-state index < -0.39 is 0 Å². The summed E-state index contributed by atoms with van der Waals surface area (Å²) < 4.78 is 0. The third kappa shape index (κ3) is 4.33. The highest BCUT2D eigenvalue weighted by Crippen LogP contribution is 2.30. The predicted octanol–water partition coefficient (Wildman–Crippen LogP) is 3.03. The first-order valence-corrected chi connectivity index (χ1v) is 7.76. The second-order valence-electron chi connectivity index (χ2n) is 5.93. The van der Waals surface area contributed by atoms with Gasteiger partial charge >= 0.3 is 0 Å². The van der Waals surface area contributed by atoms with E-state index in [0.717, 1.165) is 25.9 Å². The fourth-order valence-corrected chi connectivity index (χ4v) is 3.03. The molecule has 1 saturated heterocycles. The Labute approximate surface area is 135 Å². The number of hydrogen-bond donors (Lipinski definition) is 2. The van der Waals surface area contributed by atoms with Gasteiger partial charge in [0.2, 0.25) is 5.91 Å². The largest absolute Gasteiger partial charge is 0.396 e. The first-order chi connectivity index (χ1) is 9.93. The van der Waals surface area contributed by atoms with Crippen molar-refractivity contribution < 1.29 is 9.90 Å². The molecule has 1 fully saturated rings. The molecule has 1 aliphatic heterocycles. The van der Waals surface area contributed by atoms with Gasteiger partial charge < -0.3 is 10.4 Å². The average molecular weight is 331 g/mol. The van der Waals surface area contributed by atoms with Crippen molar-refractivity contribution in [2.45, 2.75) is 19.8 Å². The zero-order chi connectivity index (χ0) is 15.5. The predicted molar refractivity (Wildman–Crippen MR) is 86.0 cm³/mol. The van der Waals surface area contributed by atoms with Crippen molar-refractivity contribution in [1.82, 2.24) is 4.90 Å². The van der Waals surface area contributed by atoms with Gasteiger partial charge in [-0.1, -0.05) is 36.2 Å². The zero-order valence-corrected chi connectivity index (χ0v) is 13.5. The van der Waals surface area contributed by atoms with E-state index >= 15 is 0 Å². The van der Waals surface area contributed by atoms with Gasteiger partial charge in [0.1, 0.15) is 0 Å². The SMILES string of the molecule is CC1(CO)CCCN(CC(=O)Nc2cccc(Cl)c2Cl)C1. The van der Waals surface area contributed by atoms with Crippen LogP contribution in [0.15, 0.2) is 18.2 Å². The maximum absolute atomic E-state index is 12.1. The van der Waals surface area contributed by atoms with E-state index in [1.165, 1.54) is 0 Å². The zero-order valence-electron chi connectivity index (χ0n) is 12.0. The van der Waals surface area contributed by atoms with Crippen molar-refractivity contribution >= 4 is 34.8 Å². The highest BCUT2D eigenvalue weighted by atomic mass is 35.5. The van der Waals surface area contributed by atoms with Crippen LogP contribution in [0.5, 0.6) is 0 Å². The number of benzene rings is 1. The van der Waals surface area contributed by atoms with Gasteiger partial charge in [-0.05, 0) is 31.5 Å². The summed E-state index contributed by atoms with van der Waals surface area (Å²) in [5.41, 5.74) is 0.405. The molecule has 0 spiro atoms. The van der Waals surface area contributed by atoms with Gasteiger partial charge in [-0.3, -0.25) is 9.69 Å². The normalized spacial score (nSPS) is 23.0. The second-order valence-corrected chi connectivity index (χ2v) is 6.72. The summed E-state index contributed by atoms with van der Waals surface area (Å²) in [7, 11) is 0. The Morgan fingerprint density at radius 1 is 1.48 bits per heavy atom. The van der Waals surface area contributed by atoms with Crippen molar-refractivity contribution in [3.63, 3.8) is 0 Å². The molecule has 2 N–H and O–H groups in total. The molecular weight excluding hydrogens is 311 g/mol. The Balaban J connectivity index is 1.94. The summed E-state index contributed by atoms with van der Waals surface area (Å²) in [5.74, 6) is -0.124. The molecule has 0 aliphatic carbocycles. The maximum Gasteiger partial charge on any atom is 0.238 e. The number of halogens is 2. The summed E-state index contributed by atoms with van der Waals surface area (Å²) in [6, 6.07) is 5.14. The second kappa shape index (κ2) is 6.97. The Morgan fingerprint density at radius 2 is 2.24 bits per heavy atom. The van der Waals surface area contributed by atoms with Gasteiger partial charge in [0.05, 0.1) is 22.3 Å². The van der Waals surface area contributed by atoms with E-state index in [-0.39, 0.29) is 17.9 Å². The highest BCUT2D eigenvalue weighted by Gasteiger charge is 2.31. The van der Waals surface area contributed by atoms with Crippen LogP contribution in [0.25, 0.3) is 0 Å². The topological polar surface area (TPSA) is 52.6 Å². The monoisotopic (exact) mass is 330 g/mol. The van der Waals surface area contributed by atoms with E-state index in [2.05, 4.69) is 10.2 Å². The molecule has 2 rings (SSSR count). The lowest BCUT2D eigenvalue weighted by molar-refractivity contribution is -0.118. The van der Waals surface area contributed by atoms with Crippen LogP contribution in [-0.4, -0.2) is 42.2 Å². The molecule has 116 valence electrons. The van der Waals surface area contributed by atoms with Gasteiger partial charge in [0.25, 0.3) is 0 Å². The molecule has 0 bridgehead atoms. The molecule has 1 aromatic carbocycles. The van der Waals surface area contributed by atoms with Gasteiger partial charge in [0.15, 0.2) is 0 Å². The summed E-state index contributed by atoms with van der Waals surface area (Å²) >= 11 is 12.0. The van der Waals surface area contributed by atoms with E-state index in [1.54, 1.807) is 18.2 Å². The van der Waals surface area contributed by atoms with E-state index in [4.69, 9.17) is 23.2 Å². The molecule has 0 radical (unpaired) electrons. The third-order valence-electron chi connectivity index (χ3n) is 3.83. The van der Waals surface area contributed by atoms with Crippen molar-refractivity contribution in [3.05, 3.63) is 28.2 Å². The molecule has 21 heavy (non-hydrogen) atoms. The lowest BCUT2D eigenvalue weighted by Crippen LogP contribution is -2.46. The fourth-order valence-electron chi connectivity index (χ4n) is 2.68.